The Morgan fingerprint density at radius 2 is 2.00 bits per heavy atom. The third-order valence-corrected chi connectivity index (χ3v) is 7.27. The van der Waals surface area contributed by atoms with E-state index in [4.69, 9.17) is 4.74 Å². The Balaban J connectivity index is 1.52. The molecule has 5 aromatic rings. The van der Waals surface area contributed by atoms with Crippen molar-refractivity contribution in [3.05, 3.63) is 69.5 Å². The molecular weight excluding hydrogens is 470 g/mol. The number of thiophene rings is 1. The molecule has 8 nitrogen and oxygen atoms in total. The molecule has 172 valence electrons. The molecular formula is C24H21N5O3S2. The normalized spacial score (nSPS) is 12.3. The van der Waals surface area contributed by atoms with Gasteiger partial charge in [-0.1, -0.05) is 54.7 Å². The summed E-state index contributed by atoms with van der Waals surface area (Å²) in [6.07, 6.45) is 1.87. The number of anilines is 1. The third kappa shape index (κ3) is 4.11. The minimum Gasteiger partial charge on any atom is -0.377 e. The molecule has 3 heterocycles. The van der Waals surface area contributed by atoms with E-state index in [1.165, 1.54) is 33.6 Å². The van der Waals surface area contributed by atoms with Gasteiger partial charge in [-0.15, -0.1) is 21.5 Å². The van der Waals surface area contributed by atoms with Gasteiger partial charge in [-0.05, 0) is 28.8 Å². The summed E-state index contributed by atoms with van der Waals surface area (Å²) in [4.78, 5) is 31.8. The predicted octanol–water partition coefficient (Wildman–Crippen LogP) is 4.87. The first kappa shape index (κ1) is 22.3. The highest BCUT2D eigenvalue weighted by molar-refractivity contribution is 7.17. The number of hydrogen-bond donors (Lipinski definition) is 1. The van der Waals surface area contributed by atoms with Crippen LogP contribution in [-0.4, -0.2) is 32.8 Å². The SMILES string of the molecule is CCC(C(=O)Nc1nnc(COC)s1)n1cnc2scc(-c3ccc4ccccc4c3)c2c1=O. The molecule has 0 bridgehead atoms. The van der Waals surface area contributed by atoms with Crippen LogP contribution in [0.15, 0.2) is 59.0 Å². The van der Waals surface area contributed by atoms with Gasteiger partial charge in [-0.3, -0.25) is 19.5 Å². The van der Waals surface area contributed by atoms with E-state index in [0.717, 1.165) is 21.9 Å². The number of hydrogen-bond acceptors (Lipinski definition) is 8. The van der Waals surface area contributed by atoms with Crippen LogP contribution in [0, 0.1) is 0 Å². The fraction of sp³-hybridized carbons (Fsp3) is 0.208. The van der Waals surface area contributed by atoms with Gasteiger partial charge < -0.3 is 4.74 Å². The van der Waals surface area contributed by atoms with Crippen LogP contribution in [-0.2, 0) is 16.1 Å². The van der Waals surface area contributed by atoms with Crippen molar-refractivity contribution in [1.29, 1.82) is 0 Å². The Morgan fingerprint density at radius 1 is 1.18 bits per heavy atom. The number of carbonyl (C=O) groups excluding carboxylic acids is 1. The molecule has 0 radical (unpaired) electrons. The van der Waals surface area contributed by atoms with Crippen LogP contribution in [0.1, 0.15) is 24.4 Å². The van der Waals surface area contributed by atoms with Gasteiger partial charge >= 0.3 is 0 Å². The summed E-state index contributed by atoms with van der Waals surface area (Å²) in [5.41, 5.74) is 1.52. The highest BCUT2D eigenvalue weighted by Crippen LogP contribution is 2.33. The van der Waals surface area contributed by atoms with Crippen molar-refractivity contribution in [2.45, 2.75) is 26.0 Å². The van der Waals surface area contributed by atoms with Gasteiger partial charge in [-0.25, -0.2) is 4.98 Å². The lowest BCUT2D eigenvalue weighted by molar-refractivity contribution is -0.119. The van der Waals surface area contributed by atoms with Gasteiger partial charge in [0, 0.05) is 18.1 Å². The van der Waals surface area contributed by atoms with E-state index in [9.17, 15) is 9.59 Å². The van der Waals surface area contributed by atoms with E-state index in [2.05, 4.69) is 32.6 Å². The van der Waals surface area contributed by atoms with Crippen LogP contribution >= 0.6 is 22.7 Å². The number of benzene rings is 2. The summed E-state index contributed by atoms with van der Waals surface area (Å²) in [6.45, 7) is 2.18. The van der Waals surface area contributed by atoms with Gasteiger partial charge in [0.25, 0.3) is 5.56 Å². The highest BCUT2D eigenvalue weighted by Gasteiger charge is 2.24. The Labute approximate surface area is 202 Å². The number of fused-ring (bicyclic) bond motifs is 2. The van der Waals surface area contributed by atoms with E-state index in [1.807, 2.05) is 42.6 Å². The maximum atomic E-state index is 13.6. The van der Waals surface area contributed by atoms with Crippen LogP contribution in [0.4, 0.5) is 5.13 Å². The fourth-order valence-electron chi connectivity index (χ4n) is 3.92. The molecule has 1 N–H and O–H groups in total. The number of nitrogens with zero attached hydrogens (tertiary/aromatic N) is 4. The average Bonchev–Trinajstić information content (AvgIpc) is 3.48. The molecule has 0 spiro atoms. The number of nitrogens with one attached hydrogen (secondary N) is 1. The summed E-state index contributed by atoms with van der Waals surface area (Å²) >= 11 is 2.66. The standard InChI is InChI=1S/C24H21N5O3S2/c1-3-18(21(30)26-24-28-27-19(34-24)11-32-2)29-13-25-22-20(23(29)31)17(12-33-22)16-9-8-14-6-4-5-7-15(14)10-16/h4-10,12-13,18H,3,11H2,1-2H3,(H,26,28,30). The van der Waals surface area contributed by atoms with Crippen molar-refractivity contribution < 1.29 is 9.53 Å². The maximum absolute atomic E-state index is 13.6. The van der Waals surface area contributed by atoms with E-state index in [-0.39, 0.29) is 11.5 Å². The third-order valence-electron chi connectivity index (χ3n) is 5.57. The lowest BCUT2D eigenvalue weighted by atomic mass is 10.0. The minimum atomic E-state index is -0.733. The number of rotatable bonds is 7. The Bertz CT molecular complexity index is 1560. The van der Waals surface area contributed by atoms with Crippen molar-refractivity contribution in [2.24, 2.45) is 0 Å². The first-order valence-electron chi connectivity index (χ1n) is 10.7. The average molecular weight is 492 g/mol. The number of amides is 1. The molecule has 5 rings (SSSR count). The fourth-order valence-corrected chi connectivity index (χ4v) is 5.54. The van der Waals surface area contributed by atoms with E-state index in [1.54, 1.807) is 7.11 Å². The first-order chi connectivity index (χ1) is 16.6. The van der Waals surface area contributed by atoms with E-state index >= 15 is 0 Å². The van der Waals surface area contributed by atoms with Crippen LogP contribution in [0.3, 0.4) is 0 Å². The smallest absolute Gasteiger partial charge is 0.263 e. The van der Waals surface area contributed by atoms with E-state index < -0.39 is 6.04 Å². The maximum Gasteiger partial charge on any atom is 0.263 e. The zero-order valence-corrected chi connectivity index (χ0v) is 20.2. The molecule has 0 aliphatic heterocycles. The van der Waals surface area contributed by atoms with E-state index in [0.29, 0.717) is 33.4 Å². The molecule has 1 amide bonds. The van der Waals surface area contributed by atoms with Crippen LogP contribution in [0.2, 0.25) is 0 Å². The summed E-state index contributed by atoms with van der Waals surface area (Å²) < 4.78 is 6.46. The first-order valence-corrected chi connectivity index (χ1v) is 12.4. The molecule has 0 aliphatic rings. The predicted molar refractivity (Wildman–Crippen MR) is 135 cm³/mol. The van der Waals surface area contributed by atoms with Gasteiger partial charge in [0.15, 0.2) is 0 Å². The Kier molecular flexibility index (Phi) is 6.18. The van der Waals surface area contributed by atoms with Gasteiger partial charge in [0.2, 0.25) is 11.0 Å². The van der Waals surface area contributed by atoms with Crippen LogP contribution in [0.5, 0.6) is 0 Å². The Hall–Kier alpha value is -3.47. The molecule has 10 heteroatoms. The highest BCUT2D eigenvalue weighted by atomic mass is 32.1. The molecule has 34 heavy (non-hydrogen) atoms. The summed E-state index contributed by atoms with van der Waals surface area (Å²) in [5.74, 6) is -0.339. The lowest BCUT2D eigenvalue weighted by Gasteiger charge is -2.16. The summed E-state index contributed by atoms with van der Waals surface area (Å²) in [6, 6.07) is 13.5. The van der Waals surface area contributed by atoms with Crippen molar-refractivity contribution in [3.8, 4) is 11.1 Å². The molecule has 0 saturated heterocycles. The molecule has 0 aliphatic carbocycles. The van der Waals surface area contributed by atoms with Crippen molar-refractivity contribution in [2.75, 3.05) is 12.4 Å². The molecule has 0 fully saturated rings. The topological polar surface area (TPSA) is 99.0 Å². The molecule has 3 aromatic heterocycles. The van der Waals surface area contributed by atoms with Crippen molar-refractivity contribution >= 4 is 54.7 Å². The summed E-state index contributed by atoms with van der Waals surface area (Å²) in [7, 11) is 1.57. The number of aromatic nitrogens is 4. The van der Waals surface area contributed by atoms with Crippen LogP contribution < -0.4 is 10.9 Å². The zero-order chi connectivity index (χ0) is 23.7. The Morgan fingerprint density at radius 3 is 2.79 bits per heavy atom. The lowest BCUT2D eigenvalue weighted by Crippen LogP contribution is -2.33. The molecule has 1 atom stereocenters. The second-order valence-corrected chi connectivity index (χ2v) is 9.62. The van der Waals surface area contributed by atoms with Gasteiger partial charge in [0.05, 0.1) is 11.7 Å². The number of ether oxygens (including phenoxy) is 1. The van der Waals surface area contributed by atoms with Gasteiger partial charge in [-0.2, -0.15) is 0 Å². The summed E-state index contributed by atoms with van der Waals surface area (Å²) in [5, 5.41) is 16.5. The quantitative estimate of drug-likeness (QED) is 0.349. The van der Waals surface area contributed by atoms with Gasteiger partial charge in [0.1, 0.15) is 22.5 Å². The minimum absolute atomic E-state index is 0.242. The van der Waals surface area contributed by atoms with Crippen molar-refractivity contribution in [3.63, 3.8) is 0 Å². The van der Waals surface area contributed by atoms with Crippen molar-refractivity contribution in [1.82, 2.24) is 19.7 Å². The number of carbonyl (C=O) groups is 1. The second kappa shape index (κ2) is 9.41. The zero-order valence-electron chi connectivity index (χ0n) is 18.5. The second-order valence-electron chi connectivity index (χ2n) is 7.70. The monoisotopic (exact) mass is 491 g/mol. The molecule has 1 unspecified atom stereocenters. The van der Waals surface area contributed by atoms with Crippen LogP contribution in [0.25, 0.3) is 32.1 Å². The molecule has 0 saturated carbocycles. The largest absolute Gasteiger partial charge is 0.377 e. The number of methoxy groups -OCH3 is 1. The molecule has 2 aromatic carbocycles.